The molecule has 2 N–H and O–H groups in total. The largest absolute Gasteiger partial charge is 0.395 e. The minimum atomic E-state index is -1.29. The van der Waals surface area contributed by atoms with Gasteiger partial charge >= 0.3 is 0 Å². The van der Waals surface area contributed by atoms with Gasteiger partial charge in [-0.1, -0.05) is 18.2 Å². The Labute approximate surface area is 128 Å². The summed E-state index contributed by atoms with van der Waals surface area (Å²) in [6.07, 6.45) is 4.76. The van der Waals surface area contributed by atoms with Crippen molar-refractivity contribution in [1.82, 2.24) is 5.32 Å². The van der Waals surface area contributed by atoms with E-state index in [0.29, 0.717) is 0 Å². The second kappa shape index (κ2) is 7.71. The third-order valence-electron chi connectivity index (χ3n) is 3.86. The van der Waals surface area contributed by atoms with Crippen LogP contribution in [0.5, 0.6) is 0 Å². The van der Waals surface area contributed by atoms with E-state index in [1.807, 2.05) is 6.92 Å². The zero-order valence-electron chi connectivity index (χ0n) is 12.4. The van der Waals surface area contributed by atoms with Gasteiger partial charge < -0.3 is 10.4 Å². The number of benzene rings is 1. The van der Waals surface area contributed by atoms with Gasteiger partial charge in [-0.25, -0.2) is 0 Å². The van der Waals surface area contributed by atoms with Crippen molar-refractivity contribution in [2.75, 3.05) is 18.1 Å². The van der Waals surface area contributed by atoms with Gasteiger partial charge in [-0.15, -0.1) is 0 Å². The second-order valence-corrected chi connectivity index (χ2v) is 7.11. The van der Waals surface area contributed by atoms with Crippen molar-refractivity contribution in [3.63, 3.8) is 0 Å². The normalized spacial score (nSPS) is 16.9. The predicted octanol–water partition coefficient (Wildman–Crippen LogP) is 1.48. The molecule has 0 aliphatic heterocycles. The van der Waals surface area contributed by atoms with Gasteiger partial charge in [-0.3, -0.25) is 9.00 Å². The summed E-state index contributed by atoms with van der Waals surface area (Å²) in [6.45, 7) is 1.79. The number of hydrogen-bond acceptors (Lipinski definition) is 3. The van der Waals surface area contributed by atoms with Gasteiger partial charge in [-0.05, 0) is 49.3 Å². The highest BCUT2D eigenvalue weighted by molar-refractivity contribution is 7.85. The molecule has 1 aromatic rings. The molecule has 0 aromatic heterocycles. The molecule has 0 saturated carbocycles. The predicted molar refractivity (Wildman–Crippen MR) is 84.6 cm³/mol. The lowest BCUT2D eigenvalue weighted by Gasteiger charge is -2.20. The monoisotopic (exact) mass is 309 g/mol. The molecule has 21 heavy (non-hydrogen) atoms. The molecule has 116 valence electrons. The number of aliphatic hydroxyl groups excluding tert-OH is 1. The maximum Gasteiger partial charge on any atom is 0.233 e. The fourth-order valence-electron chi connectivity index (χ4n) is 2.71. The van der Waals surface area contributed by atoms with Gasteiger partial charge in [0.25, 0.3) is 0 Å². The smallest absolute Gasteiger partial charge is 0.233 e. The molecule has 0 bridgehead atoms. The van der Waals surface area contributed by atoms with Crippen molar-refractivity contribution in [3.05, 3.63) is 34.9 Å². The van der Waals surface area contributed by atoms with Crippen LogP contribution in [0.3, 0.4) is 0 Å². The van der Waals surface area contributed by atoms with Crippen molar-refractivity contribution in [3.8, 4) is 0 Å². The Hall–Kier alpha value is -1.20. The Morgan fingerprint density at radius 1 is 1.33 bits per heavy atom. The van der Waals surface area contributed by atoms with Gasteiger partial charge in [0.1, 0.15) is 5.75 Å². The fraction of sp³-hybridized carbons (Fsp3) is 0.562. The number of nitrogens with one attached hydrogen (secondary N) is 1. The van der Waals surface area contributed by atoms with Crippen LogP contribution in [0.25, 0.3) is 0 Å². The molecular weight excluding hydrogens is 286 g/mol. The number of fused-ring (bicyclic) bond motifs is 1. The first-order chi connectivity index (χ1) is 10.1. The van der Waals surface area contributed by atoms with Crippen LogP contribution in [0, 0.1) is 0 Å². The molecule has 1 aromatic carbocycles. The van der Waals surface area contributed by atoms with Crippen LogP contribution in [0.2, 0.25) is 0 Å². The van der Waals surface area contributed by atoms with Crippen molar-refractivity contribution in [1.29, 1.82) is 0 Å². The third-order valence-corrected chi connectivity index (χ3v) is 5.08. The van der Waals surface area contributed by atoms with Gasteiger partial charge in [0.2, 0.25) is 5.91 Å². The molecule has 4 nitrogen and oxygen atoms in total. The second-order valence-electron chi connectivity index (χ2n) is 5.54. The Morgan fingerprint density at radius 2 is 2.05 bits per heavy atom. The Balaban J connectivity index is 1.95. The highest BCUT2D eigenvalue weighted by atomic mass is 32.2. The van der Waals surface area contributed by atoms with Gasteiger partial charge in [-0.2, -0.15) is 0 Å². The molecule has 0 unspecified atom stereocenters. The number of aliphatic hydroxyl groups is 1. The number of hydrogen-bond donors (Lipinski definition) is 2. The molecule has 0 heterocycles. The van der Waals surface area contributed by atoms with Crippen LogP contribution in [0.1, 0.15) is 42.5 Å². The quantitative estimate of drug-likeness (QED) is 0.836. The van der Waals surface area contributed by atoms with Gasteiger partial charge in [0.15, 0.2) is 0 Å². The van der Waals surface area contributed by atoms with E-state index in [-0.39, 0.29) is 30.1 Å². The minimum Gasteiger partial charge on any atom is -0.395 e. The summed E-state index contributed by atoms with van der Waals surface area (Å²) in [5.41, 5.74) is 3.91. The standard InChI is InChI=1S/C16H23NO3S/c1-12(17-16(19)11-21(20)9-8-18)14-7-6-13-4-2-3-5-15(13)10-14/h6-7,10,12,18H,2-5,8-9,11H2,1H3,(H,17,19)/t12-,21-/m0/s1. The Kier molecular flexibility index (Phi) is 5.94. The Morgan fingerprint density at radius 3 is 2.76 bits per heavy atom. The van der Waals surface area contributed by atoms with Crippen LogP contribution in [0.4, 0.5) is 0 Å². The van der Waals surface area contributed by atoms with E-state index in [1.165, 1.54) is 24.0 Å². The summed E-state index contributed by atoms with van der Waals surface area (Å²) in [5, 5.41) is 11.6. The molecular formula is C16H23NO3S. The van der Waals surface area contributed by atoms with Gasteiger partial charge in [0, 0.05) is 16.6 Å². The molecule has 2 rings (SSSR count). The summed E-state index contributed by atoms with van der Waals surface area (Å²) in [5.74, 6) is -0.122. The van der Waals surface area contributed by atoms with E-state index in [1.54, 1.807) is 0 Å². The summed E-state index contributed by atoms with van der Waals surface area (Å²) >= 11 is 0. The van der Waals surface area contributed by atoms with Crippen LogP contribution >= 0.6 is 0 Å². The lowest BCUT2D eigenvalue weighted by molar-refractivity contribution is -0.119. The van der Waals surface area contributed by atoms with Crippen molar-refractivity contribution in [2.24, 2.45) is 0 Å². The fourth-order valence-corrected chi connectivity index (χ4v) is 3.43. The van der Waals surface area contributed by atoms with Crippen LogP contribution in [-0.2, 0) is 28.4 Å². The molecule has 0 saturated heterocycles. The van der Waals surface area contributed by atoms with E-state index in [2.05, 4.69) is 23.5 Å². The van der Waals surface area contributed by atoms with Crippen LogP contribution in [-0.4, -0.2) is 33.3 Å². The molecule has 0 fully saturated rings. The van der Waals surface area contributed by atoms with E-state index in [4.69, 9.17) is 5.11 Å². The lowest BCUT2D eigenvalue weighted by Crippen LogP contribution is -2.31. The number of carbonyl (C=O) groups is 1. The van der Waals surface area contributed by atoms with Crippen LogP contribution in [0.15, 0.2) is 18.2 Å². The summed E-state index contributed by atoms with van der Waals surface area (Å²) in [7, 11) is -1.29. The number of rotatable bonds is 6. The molecule has 1 amide bonds. The molecule has 2 atom stereocenters. The molecule has 0 radical (unpaired) electrons. The van der Waals surface area contributed by atoms with E-state index in [0.717, 1.165) is 18.4 Å². The molecule has 1 aliphatic rings. The molecule has 5 heteroatoms. The maximum absolute atomic E-state index is 11.8. The topological polar surface area (TPSA) is 66.4 Å². The first-order valence-electron chi connectivity index (χ1n) is 7.47. The van der Waals surface area contributed by atoms with Gasteiger partial charge in [0.05, 0.1) is 12.6 Å². The zero-order valence-corrected chi connectivity index (χ0v) is 13.2. The number of amides is 1. The maximum atomic E-state index is 11.8. The molecule has 0 spiro atoms. The average Bonchev–Trinajstić information content (AvgIpc) is 2.46. The first-order valence-corrected chi connectivity index (χ1v) is 8.96. The third kappa shape index (κ3) is 4.64. The van der Waals surface area contributed by atoms with E-state index >= 15 is 0 Å². The summed E-state index contributed by atoms with van der Waals surface area (Å²) in [6, 6.07) is 6.33. The molecule has 1 aliphatic carbocycles. The summed E-state index contributed by atoms with van der Waals surface area (Å²) < 4.78 is 11.5. The minimum absolute atomic E-state index is 0.0458. The zero-order chi connectivity index (χ0) is 15.2. The van der Waals surface area contributed by atoms with Crippen molar-refractivity contribution in [2.45, 2.75) is 38.6 Å². The first kappa shape index (κ1) is 16.2. The average molecular weight is 309 g/mol. The highest BCUT2D eigenvalue weighted by Crippen LogP contribution is 2.24. The van der Waals surface area contributed by atoms with E-state index < -0.39 is 10.8 Å². The van der Waals surface area contributed by atoms with Crippen molar-refractivity contribution < 1.29 is 14.1 Å². The van der Waals surface area contributed by atoms with E-state index in [9.17, 15) is 9.00 Å². The number of aryl methyl sites for hydroxylation is 2. The van der Waals surface area contributed by atoms with Crippen LogP contribution < -0.4 is 5.32 Å². The van der Waals surface area contributed by atoms with Crippen molar-refractivity contribution >= 4 is 16.7 Å². The summed E-state index contributed by atoms with van der Waals surface area (Å²) in [4.78, 5) is 11.8. The SMILES string of the molecule is C[C@H](NC(=O)C[S@@](=O)CCO)c1ccc2c(c1)CCCC2. The highest BCUT2D eigenvalue weighted by Gasteiger charge is 2.15. The lowest BCUT2D eigenvalue weighted by atomic mass is 9.89. The number of carbonyl (C=O) groups excluding carboxylic acids is 1. The Bertz CT molecular complexity index is 530.